The highest BCUT2D eigenvalue weighted by Crippen LogP contribution is 2.22. The summed E-state index contributed by atoms with van der Waals surface area (Å²) in [5, 5.41) is 24.0. The van der Waals surface area contributed by atoms with Crippen LogP contribution in [0.15, 0.2) is 314 Å². The van der Waals surface area contributed by atoms with Crippen LogP contribution in [-0.2, 0) is 119 Å². The lowest BCUT2D eigenvalue weighted by atomic mass is 10.1. The van der Waals surface area contributed by atoms with Gasteiger partial charge in [0.15, 0.2) is 0 Å². The number of ether oxygens (including phenoxy) is 25. The largest absolute Gasteiger partial charge is 0.505 e. The molecule has 0 fully saturated rings. The predicted molar refractivity (Wildman–Crippen MR) is 532 cm³/mol. The van der Waals surface area contributed by atoms with Gasteiger partial charge in [-0.05, 0) is 94.5 Å². The molecule has 0 unspecified atom stereocenters. The summed E-state index contributed by atoms with van der Waals surface area (Å²) >= 11 is 0. The number of methoxy groups -OCH3 is 3. The molecule has 32 heteroatoms. The molecule has 762 valence electrons. The van der Waals surface area contributed by atoms with Crippen molar-refractivity contribution < 1.29 is 153 Å². The third kappa shape index (κ3) is 159. The van der Waals surface area contributed by atoms with E-state index in [-0.39, 0.29) is 39.6 Å². The summed E-state index contributed by atoms with van der Waals surface area (Å²) in [4.78, 5) is 39.7. The molecule has 4 aromatic rings. The number of benzene rings is 4. The van der Waals surface area contributed by atoms with Crippen LogP contribution in [0.25, 0.3) is 11.1 Å². The molecule has 0 atom stereocenters. The third-order valence-corrected chi connectivity index (χ3v) is 12.4. The number of hydrogen-bond acceptors (Lipinski definition) is 31. The van der Waals surface area contributed by atoms with E-state index in [2.05, 4.69) is 174 Å². The van der Waals surface area contributed by atoms with Crippen molar-refractivity contribution in [3.8, 4) is 28.4 Å². The fourth-order valence-corrected chi connectivity index (χ4v) is 6.53. The maximum atomic E-state index is 10.7. The Labute approximate surface area is 801 Å². The molecular weight excluding hydrogens is 1740 g/mol. The fraction of sp³-hybridized carbons (Fsp3) is 0.412. The van der Waals surface area contributed by atoms with E-state index in [0.717, 1.165) is 68.9 Å². The minimum atomic E-state index is -1.29. The SMILES string of the molecule is C=COC.C=COCCC=O.C=COCCCC.C=COCCCCOCC=O.C=COCCO.C=COCCO.C=COCCOC.C=COCCOC.C=COCCOC(=O)C(=C)C.C=COCCOC(=O)O.C=COCCOCC.C=COCCOCC.C=COCCOc1ccc(-c2ccccc2)cc1.C=COCCOc1ccc(C)cc1.C=COCCOc1ccccc1. The van der Waals surface area contributed by atoms with Crippen LogP contribution in [0.4, 0.5) is 4.79 Å². The summed E-state index contributed by atoms with van der Waals surface area (Å²) in [7, 11) is 4.83. The van der Waals surface area contributed by atoms with Crippen LogP contribution in [0.3, 0.4) is 0 Å². The first-order valence-electron chi connectivity index (χ1n) is 42.2. The predicted octanol–water partition coefficient (Wildman–Crippen LogP) is 19.6. The van der Waals surface area contributed by atoms with Gasteiger partial charge in [-0.1, -0.05) is 197 Å². The third-order valence-electron chi connectivity index (χ3n) is 12.4. The van der Waals surface area contributed by atoms with E-state index in [4.69, 9.17) is 95.8 Å². The Hall–Kier alpha value is -13.1. The minimum absolute atomic E-state index is 0.0430. The molecule has 0 aliphatic heterocycles. The second-order valence-corrected chi connectivity index (χ2v) is 22.6. The van der Waals surface area contributed by atoms with Crippen molar-refractivity contribution in [1.82, 2.24) is 0 Å². The highest BCUT2D eigenvalue weighted by molar-refractivity contribution is 5.86. The molecule has 0 amide bonds. The van der Waals surface area contributed by atoms with Gasteiger partial charge in [-0.2, -0.15) is 0 Å². The van der Waals surface area contributed by atoms with E-state index in [1.807, 2.05) is 106 Å². The smallest absolute Gasteiger partial charge is 0.505 e. The van der Waals surface area contributed by atoms with E-state index < -0.39 is 12.1 Å². The van der Waals surface area contributed by atoms with Crippen molar-refractivity contribution in [1.29, 1.82) is 0 Å². The summed E-state index contributed by atoms with van der Waals surface area (Å²) in [6.45, 7) is 77.5. The van der Waals surface area contributed by atoms with Gasteiger partial charge in [0.25, 0.3) is 0 Å². The highest BCUT2D eigenvalue weighted by atomic mass is 16.7. The lowest BCUT2D eigenvalue weighted by molar-refractivity contribution is -0.140. The number of aliphatic hydroxyl groups excluding tert-OH is 2. The Morgan fingerprint density at radius 2 is 0.619 bits per heavy atom. The fourth-order valence-electron chi connectivity index (χ4n) is 6.53. The zero-order valence-electron chi connectivity index (χ0n) is 81.2. The van der Waals surface area contributed by atoms with E-state index >= 15 is 0 Å². The van der Waals surface area contributed by atoms with Crippen LogP contribution in [0.2, 0.25) is 0 Å². The Morgan fingerprint density at radius 3 is 0.933 bits per heavy atom. The van der Waals surface area contributed by atoms with Crippen LogP contribution in [0.5, 0.6) is 17.2 Å². The second-order valence-electron chi connectivity index (χ2n) is 22.6. The first kappa shape index (κ1) is 144. The summed E-state index contributed by atoms with van der Waals surface area (Å²) in [6, 6.07) is 35.9. The number of aryl methyl sites for hydroxylation is 1. The molecule has 4 aromatic carbocycles. The van der Waals surface area contributed by atoms with Gasteiger partial charge in [-0.25, -0.2) is 9.59 Å². The topological polar surface area (TPSA) is 360 Å². The number of rotatable bonds is 66. The lowest BCUT2D eigenvalue weighted by Gasteiger charge is -2.07. The molecule has 0 saturated carbocycles. The molecule has 0 saturated heterocycles. The Kier molecular flexibility index (Phi) is 156. The molecule has 134 heavy (non-hydrogen) atoms. The first-order valence-corrected chi connectivity index (χ1v) is 42.2. The number of para-hydroxylation sites is 1. The highest BCUT2D eigenvalue weighted by Gasteiger charge is 2.02. The maximum absolute atomic E-state index is 10.7. The quantitative estimate of drug-likeness (QED) is 0.0121. The van der Waals surface area contributed by atoms with Crippen molar-refractivity contribution in [3.63, 3.8) is 0 Å². The molecule has 32 nitrogen and oxygen atoms in total. The number of hydrogen-bond donors (Lipinski definition) is 3. The van der Waals surface area contributed by atoms with Crippen LogP contribution in [0.1, 0.15) is 65.4 Å². The molecule has 0 aliphatic carbocycles. The van der Waals surface area contributed by atoms with Gasteiger partial charge in [0.05, 0.1) is 161 Å². The number of aliphatic hydroxyl groups is 2. The maximum Gasteiger partial charge on any atom is 0.505 e. The van der Waals surface area contributed by atoms with Gasteiger partial charge in [-0.15, -0.1) is 0 Å². The molecule has 0 aromatic heterocycles. The molecule has 0 bridgehead atoms. The second kappa shape index (κ2) is 146. The zero-order valence-corrected chi connectivity index (χ0v) is 81.2. The van der Waals surface area contributed by atoms with E-state index in [9.17, 15) is 19.2 Å². The Morgan fingerprint density at radius 1 is 0.321 bits per heavy atom. The molecule has 4 rings (SSSR count). The van der Waals surface area contributed by atoms with Crippen molar-refractivity contribution in [2.45, 2.75) is 66.7 Å². The van der Waals surface area contributed by atoms with Gasteiger partial charge >= 0.3 is 12.1 Å². The zero-order chi connectivity index (χ0) is 103. The normalized spacial score (nSPS) is 8.52. The number of carbonyl (C=O) groups is 4. The molecule has 3 N–H and O–H groups in total. The van der Waals surface area contributed by atoms with Crippen LogP contribution in [0, 0.1) is 6.92 Å². The number of unbranched alkanes of at least 4 members (excludes halogenated alkanes) is 2. The summed E-state index contributed by atoms with van der Waals surface area (Å²) < 4.78 is 120. The standard InChI is InChI=1S/C16H16O2.C11H14O2.C10H12O2.C8H12O3.C8H14O3.2C6H12O2.C6H12O.C5H8O4.2C5H10O2.C5H8O2.2C4H8O2.C3H6O/c1-2-17-12-13-18-16-10-8-15(9-11-16)14-6-4-3-5-7-14;1-3-12-8-9-13-11-6-4-10(2)5-7-11;1-2-11-8-9-12-10-6-4-3-5-7-10;1-4-10-5-6-11-8(9)7(2)3;1-2-10-6-3-4-7-11-8-5-9;2*1-3-7-5-6-8-4-2;1-3-5-6-7-4-2;1-2-8-3-4-9-5(6)7;2*1-3-7-5-4-6-2;1-2-7-5-3-4-6;2*1-2-6-4-3-5;1-3-4-2/h2-11H,1,12-13H2;3-7H,1,8-9H2,2H3;2-7H,1,8-9H2;4H,1-2,5-6H2,3H3;2,5H,1,3-4,6-8H2;2*3H,1,4-6H2,2H3;4H,2-3,5-6H2,1H3;2H,1,3-4H2,(H,6,7);2*3H,1,4-5H2,2H3;2,4H,1,3,5H2;2*2,5H,1,3-4H2;3H,1H2,2H3. The van der Waals surface area contributed by atoms with E-state index in [1.165, 1.54) is 117 Å². The molecule has 0 spiro atoms. The molecular formula is C102H162O32. The number of aldehydes is 2. The number of carbonyl (C=O) groups excluding carboxylic acids is 3. The van der Waals surface area contributed by atoms with Crippen molar-refractivity contribution >= 4 is 24.7 Å². The first-order chi connectivity index (χ1) is 65.2. The van der Waals surface area contributed by atoms with E-state index in [1.54, 1.807) is 28.3 Å². The number of esters is 1. The Balaban J connectivity index is -0.000000136. The molecule has 0 radical (unpaired) electrons. The average Bonchev–Trinajstić information content (AvgIpc) is 0.867. The van der Waals surface area contributed by atoms with Gasteiger partial charge in [-0.3, -0.25) is 0 Å². The van der Waals surface area contributed by atoms with Gasteiger partial charge in [0.2, 0.25) is 0 Å². The summed E-state index contributed by atoms with van der Waals surface area (Å²) in [6.07, 6.45) is 25.5. The van der Waals surface area contributed by atoms with Crippen molar-refractivity contribution in [2.24, 2.45) is 0 Å². The molecule has 0 heterocycles. The molecule has 0 aliphatic rings. The van der Waals surface area contributed by atoms with Gasteiger partial charge < -0.3 is 143 Å². The van der Waals surface area contributed by atoms with E-state index in [0.29, 0.717) is 144 Å². The minimum Gasteiger partial charge on any atom is -0.505 e. The van der Waals surface area contributed by atoms with Crippen molar-refractivity contribution in [3.05, 3.63) is 320 Å². The van der Waals surface area contributed by atoms with Gasteiger partial charge in [0, 0.05) is 46.0 Å². The average molecular weight is 1900 g/mol. The van der Waals surface area contributed by atoms with Gasteiger partial charge in [0.1, 0.15) is 142 Å². The number of carboxylic acid groups (broad SMARTS) is 1. The Bertz CT molecular complexity index is 3080. The van der Waals surface area contributed by atoms with Crippen LogP contribution in [-0.4, -0.2) is 253 Å². The van der Waals surface area contributed by atoms with Crippen LogP contribution < -0.4 is 14.2 Å². The lowest BCUT2D eigenvalue weighted by Crippen LogP contribution is -2.09. The monoisotopic (exact) mass is 1900 g/mol. The summed E-state index contributed by atoms with van der Waals surface area (Å²) in [5.41, 5.74) is 4.02. The van der Waals surface area contributed by atoms with Crippen molar-refractivity contribution in [2.75, 3.05) is 213 Å². The summed E-state index contributed by atoms with van der Waals surface area (Å²) in [5.74, 6) is 2.20. The van der Waals surface area contributed by atoms with Crippen LogP contribution >= 0.6 is 0 Å².